The number of para-hydroxylation sites is 3. The minimum atomic E-state index is 0. The first-order chi connectivity index (χ1) is 23.2. The number of aromatic nitrogens is 4. The quantitative estimate of drug-likeness (QED) is 0.163. The summed E-state index contributed by atoms with van der Waals surface area (Å²) in [4.78, 5) is 9.83. The number of aryl methyl sites for hydroxylation is 1. The number of fused-ring (bicyclic) bond motifs is 4. The van der Waals surface area contributed by atoms with Crippen LogP contribution in [0, 0.1) is 12.1 Å². The van der Waals surface area contributed by atoms with Gasteiger partial charge in [0.05, 0.1) is 16.9 Å². The van der Waals surface area contributed by atoms with E-state index in [2.05, 4.69) is 155 Å². The second-order valence-electron chi connectivity index (χ2n) is 11.7. The van der Waals surface area contributed by atoms with Crippen molar-refractivity contribution in [3.05, 3.63) is 164 Å². The molecule has 0 saturated carbocycles. The third-order valence-electron chi connectivity index (χ3n) is 8.98. The summed E-state index contributed by atoms with van der Waals surface area (Å²) in [6, 6.07) is 58.4. The Kier molecular flexibility index (Phi) is 7.59. The Morgan fingerprint density at radius 1 is 0.583 bits per heavy atom. The molecule has 0 aliphatic rings. The first-order valence-corrected chi connectivity index (χ1v) is 15.7. The van der Waals surface area contributed by atoms with Gasteiger partial charge in [0.2, 0.25) is 0 Å². The summed E-state index contributed by atoms with van der Waals surface area (Å²) in [5.41, 5.74) is 12.2. The second kappa shape index (κ2) is 12.2. The van der Waals surface area contributed by atoms with E-state index in [1.54, 1.807) is 0 Å². The average Bonchev–Trinajstić information content (AvgIpc) is 3.66. The predicted molar refractivity (Wildman–Crippen MR) is 192 cm³/mol. The second-order valence-corrected chi connectivity index (χ2v) is 11.7. The largest absolute Gasteiger partial charge is 2.00 e. The van der Waals surface area contributed by atoms with Gasteiger partial charge in [0.25, 0.3) is 0 Å². The van der Waals surface area contributed by atoms with E-state index in [1.807, 2.05) is 30.5 Å². The van der Waals surface area contributed by atoms with Gasteiger partial charge in [-0.1, -0.05) is 136 Å². The molecular formula is C43H28N4Pt. The minimum absolute atomic E-state index is 0. The van der Waals surface area contributed by atoms with Crippen molar-refractivity contribution in [2.24, 2.45) is 7.05 Å². The number of hydrogen-bond donors (Lipinski definition) is 0. The van der Waals surface area contributed by atoms with Crippen molar-refractivity contribution >= 4 is 32.8 Å². The van der Waals surface area contributed by atoms with Crippen LogP contribution in [-0.4, -0.2) is 19.1 Å². The molecule has 0 fully saturated rings. The number of rotatable bonds is 5. The van der Waals surface area contributed by atoms with Gasteiger partial charge in [0, 0.05) is 18.8 Å². The van der Waals surface area contributed by atoms with E-state index in [-0.39, 0.29) is 21.1 Å². The van der Waals surface area contributed by atoms with Crippen LogP contribution in [0.2, 0.25) is 0 Å². The molecule has 0 N–H and O–H groups in total. The van der Waals surface area contributed by atoms with Gasteiger partial charge in [-0.3, -0.25) is 4.98 Å². The first-order valence-electron chi connectivity index (χ1n) is 15.7. The fraction of sp³-hybridized carbons (Fsp3) is 0.0233. The van der Waals surface area contributed by atoms with E-state index in [9.17, 15) is 0 Å². The van der Waals surface area contributed by atoms with E-state index in [0.717, 1.165) is 83.4 Å². The molecule has 0 aliphatic carbocycles. The maximum absolute atomic E-state index is 5.16. The Morgan fingerprint density at radius 2 is 1.25 bits per heavy atom. The van der Waals surface area contributed by atoms with Crippen molar-refractivity contribution in [2.45, 2.75) is 0 Å². The summed E-state index contributed by atoms with van der Waals surface area (Å²) in [5.74, 6) is 0.873. The SMILES string of the molecule is Cn1c(-c2[c-]c3c(cc2-c2ccccc2)c2ccccc2n3-c2[c-]c(-c3ccccn3)ccc2-c2ccccc2)nc2ccccc21.[Pt+2]. The van der Waals surface area contributed by atoms with E-state index in [0.29, 0.717) is 0 Å². The van der Waals surface area contributed by atoms with Crippen molar-refractivity contribution < 1.29 is 21.1 Å². The Labute approximate surface area is 293 Å². The molecule has 0 radical (unpaired) electrons. The zero-order valence-electron chi connectivity index (χ0n) is 26.0. The first kappa shape index (κ1) is 29.8. The van der Waals surface area contributed by atoms with Crippen molar-refractivity contribution in [1.82, 2.24) is 19.1 Å². The Bertz CT molecular complexity index is 2570. The maximum atomic E-state index is 5.16. The van der Waals surface area contributed by atoms with Crippen molar-refractivity contribution in [1.29, 1.82) is 0 Å². The van der Waals surface area contributed by atoms with Gasteiger partial charge < -0.3 is 14.1 Å². The number of imidazole rings is 1. The molecule has 0 spiro atoms. The average molecular weight is 796 g/mol. The molecule has 0 saturated heterocycles. The zero-order chi connectivity index (χ0) is 31.3. The molecule has 0 bridgehead atoms. The normalized spacial score (nSPS) is 11.3. The van der Waals surface area contributed by atoms with Crippen LogP contribution in [0.5, 0.6) is 0 Å². The standard InChI is InChI=1S/C43H28N4.Pt/c1-46-40-22-11-9-20-38(40)45-43(46)36-28-42-35(27-34(36)30-16-6-3-7-17-30)33-18-8-10-21-39(33)47(42)41-26-31(37-19-12-13-25-44-37)23-24-32(41)29-14-4-2-5-15-29;/h2-25,27H,1H3;/q-2;+2. The van der Waals surface area contributed by atoms with Crippen LogP contribution in [-0.2, 0) is 28.1 Å². The van der Waals surface area contributed by atoms with Gasteiger partial charge in [-0.2, -0.15) is 0 Å². The fourth-order valence-corrected chi connectivity index (χ4v) is 6.74. The summed E-state index contributed by atoms with van der Waals surface area (Å²) in [7, 11) is 2.09. The van der Waals surface area contributed by atoms with E-state index >= 15 is 0 Å². The van der Waals surface area contributed by atoms with Gasteiger partial charge >= 0.3 is 21.1 Å². The summed E-state index contributed by atoms with van der Waals surface area (Å²) in [6.45, 7) is 0. The number of pyridine rings is 1. The van der Waals surface area contributed by atoms with Crippen LogP contribution in [0.1, 0.15) is 0 Å². The van der Waals surface area contributed by atoms with Crippen molar-refractivity contribution in [2.75, 3.05) is 0 Å². The Morgan fingerprint density at radius 3 is 1.98 bits per heavy atom. The van der Waals surface area contributed by atoms with Gasteiger partial charge in [-0.25, -0.2) is 0 Å². The third kappa shape index (κ3) is 4.88. The molecule has 0 atom stereocenters. The van der Waals surface area contributed by atoms with E-state index < -0.39 is 0 Å². The van der Waals surface area contributed by atoms with Crippen LogP contribution in [0.15, 0.2) is 152 Å². The zero-order valence-corrected chi connectivity index (χ0v) is 28.3. The topological polar surface area (TPSA) is 35.6 Å². The van der Waals surface area contributed by atoms with Crippen molar-refractivity contribution in [3.8, 4) is 50.6 Å². The van der Waals surface area contributed by atoms with Crippen molar-refractivity contribution in [3.63, 3.8) is 0 Å². The molecule has 4 nitrogen and oxygen atoms in total. The van der Waals surface area contributed by atoms with Crippen LogP contribution in [0.25, 0.3) is 83.4 Å². The molecule has 3 aromatic heterocycles. The molecule has 6 aromatic carbocycles. The molecule has 230 valence electrons. The molecule has 9 aromatic rings. The van der Waals surface area contributed by atoms with Gasteiger partial charge in [0.15, 0.2) is 0 Å². The van der Waals surface area contributed by atoms with Crippen LogP contribution in [0.4, 0.5) is 0 Å². The van der Waals surface area contributed by atoms with Gasteiger partial charge in [-0.05, 0) is 46.5 Å². The Balaban J connectivity index is 0.00000336. The number of hydrogen-bond acceptors (Lipinski definition) is 2. The van der Waals surface area contributed by atoms with Gasteiger partial charge in [-0.15, -0.1) is 35.9 Å². The smallest absolute Gasteiger partial charge is 0.367 e. The summed E-state index contributed by atoms with van der Waals surface area (Å²) < 4.78 is 4.50. The monoisotopic (exact) mass is 795 g/mol. The Hall–Kier alpha value is -5.57. The molecule has 5 heteroatoms. The molecule has 0 aliphatic heterocycles. The third-order valence-corrected chi connectivity index (χ3v) is 8.98. The molecule has 9 rings (SSSR count). The fourth-order valence-electron chi connectivity index (χ4n) is 6.74. The molecule has 3 heterocycles. The molecular weight excluding hydrogens is 768 g/mol. The predicted octanol–water partition coefficient (Wildman–Crippen LogP) is 10.3. The van der Waals surface area contributed by atoms with Gasteiger partial charge in [0.1, 0.15) is 0 Å². The molecule has 48 heavy (non-hydrogen) atoms. The summed E-state index contributed by atoms with van der Waals surface area (Å²) in [6.07, 6.45) is 1.83. The van der Waals surface area contributed by atoms with Crippen LogP contribution >= 0.6 is 0 Å². The number of nitrogens with zero attached hydrogens (tertiary/aromatic N) is 4. The molecule has 0 unspecified atom stereocenters. The van der Waals surface area contributed by atoms with Crippen LogP contribution in [0.3, 0.4) is 0 Å². The maximum Gasteiger partial charge on any atom is 2.00 e. The van der Waals surface area contributed by atoms with E-state index in [4.69, 9.17) is 4.98 Å². The number of benzene rings is 6. The van der Waals surface area contributed by atoms with E-state index in [1.165, 1.54) is 0 Å². The minimum Gasteiger partial charge on any atom is -0.367 e. The van der Waals surface area contributed by atoms with Crippen LogP contribution < -0.4 is 0 Å². The molecule has 0 amide bonds. The summed E-state index contributed by atoms with van der Waals surface area (Å²) >= 11 is 0. The summed E-state index contributed by atoms with van der Waals surface area (Å²) in [5, 5.41) is 2.28.